The maximum Gasteiger partial charge on any atom is 0.325 e. The second-order valence-corrected chi connectivity index (χ2v) is 6.09. The summed E-state index contributed by atoms with van der Waals surface area (Å²) in [5.41, 5.74) is 2.01. The smallest absolute Gasteiger partial charge is 0.325 e. The van der Waals surface area contributed by atoms with Crippen LogP contribution in [0.25, 0.3) is 0 Å². The highest BCUT2D eigenvalue weighted by atomic mass is 32.1. The van der Waals surface area contributed by atoms with Gasteiger partial charge in [-0.3, -0.25) is 10.1 Å². The average Bonchev–Trinajstić information content (AvgIpc) is 2.92. The van der Waals surface area contributed by atoms with Crippen LogP contribution in [0.5, 0.6) is 0 Å². The number of aliphatic carboxylic acids is 1. The van der Waals surface area contributed by atoms with Crippen molar-refractivity contribution in [1.29, 1.82) is 0 Å². The third-order valence-electron chi connectivity index (χ3n) is 3.24. The first-order valence-electron chi connectivity index (χ1n) is 6.66. The molecule has 2 N–H and O–H groups in total. The molecule has 20 heavy (non-hydrogen) atoms. The van der Waals surface area contributed by atoms with Crippen LogP contribution in [-0.2, 0) is 11.3 Å². The molecular formula is C16H19NO2S. The van der Waals surface area contributed by atoms with Gasteiger partial charge in [0, 0.05) is 11.4 Å². The molecule has 1 aromatic heterocycles. The first kappa shape index (κ1) is 14.8. The molecule has 4 heteroatoms. The number of thiophene rings is 1. The molecule has 0 aliphatic heterocycles. The van der Waals surface area contributed by atoms with Gasteiger partial charge in [0.2, 0.25) is 0 Å². The minimum Gasteiger partial charge on any atom is -0.480 e. The van der Waals surface area contributed by atoms with Crippen molar-refractivity contribution in [3.05, 3.63) is 57.8 Å². The van der Waals surface area contributed by atoms with Gasteiger partial charge in [-0.15, -0.1) is 11.3 Å². The fraction of sp³-hybridized carbons (Fsp3) is 0.312. The molecule has 0 spiro atoms. The van der Waals surface area contributed by atoms with Crippen molar-refractivity contribution in [2.75, 3.05) is 0 Å². The summed E-state index contributed by atoms with van der Waals surface area (Å²) < 4.78 is 0. The minimum absolute atomic E-state index is 0.450. The van der Waals surface area contributed by atoms with Crippen molar-refractivity contribution in [1.82, 2.24) is 5.32 Å². The number of hydrogen-bond acceptors (Lipinski definition) is 3. The Hall–Kier alpha value is -1.65. The highest BCUT2D eigenvalue weighted by molar-refractivity contribution is 7.09. The van der Waals surface area contributed by atoms with E-state index in [0.29, 0.717) is 12.5 Å². The van der Waals surface area contributed by atoms with Crippen LogP contribution in [-0.4, -0.2) is 11.1 Å². The Morgan fingerprint density at radius 3 is 2.35 bits per heavy atom. The third-order valence-corrected chi connectivity index (χ3v) is 4.12. The van der Waals surface area contributed by atoms with Crippen LogP contribution in [0.15, 0.2) is 41.8 Å². The number of nitrogens with one attached hydrogen (secondary N) is 1. The summed E-state index contributed by atoms with van der Waals surface area (Å²) in [4.78, 5) is 12.6. The van der Waals surface area contributed by atoms with Gasteiger partial charge in [0.05, 0.1) is 0 Å². The first-order valence-corrected chi connectivity index (χ1v) is 7.54. The predicted octanol–water partition coefficient (Wildman–Crippen LogP) is 3.79. The lowest BCUT2D eigenvalue weighted by molar-refractivity contribution is -0.139. The normalized spacial score (nSPS) is 12.6. The van der Waals surface area contributed by atoms with E-state index < -0.39 is 12.0 Å². The number of benzene rings is 1. The van der Waals surface area contributed by atoms with Gasteiger partial charge in [0.15, 0.2) is 0 Å². The summed E-state index contributed by atoms with van der Waals surface area (Å²) in [5, 5.41) is 14.5. The molecule has 2 aromatic rings. The molecule has 0 aliphatic rings. The van der Waals surface area contributed by atoms with Gasteiger partial charge in [0.25, 0.3) is 0 Å². The Bertz CT molecular complexity index is 546. The standard InChI is InChI=1S/C16H19NO2S/c1-11(2)12-5-7-13(8-6-12)15(16(18)19)17-10-14-4-3-9-20-14/h3-9,11,15,17H,10H2,1-2H3,(H,18,19). The first-order chi connectivity index (χ1) is 9.58. The highest BCUT2D eigenvalue weighted by Crippen LogP contribution is 2.20. The Labute approximate surface area is 123 Å². The van der Waals surface area contributed by atoms with Crippen molar-refractivity contribution >= 4 is 17.3 Å². The fourth-order valence-electron chi connectivity index (χ4n) is 2.04. The van der Waals surface area contributed by atoms with E-state index in [9.17, 15) is 9.90 Å². The average molecular weight is 289 g/mol. The zero-order chi connectivity index (χ0) is 14.5. The monoisotopic (exact) mass is 289 g/mol. The summed E-state index contributed by atoms with van der Waals surface area (Å²) in [6.07, 6.45) is 0. The SMILES string of the molecule is CC(C)c1ccc(C(NCc2cccs2)C(=O)O)cc1. The van der Waals surface area contributed by atoms with Crippen molar-refractivity contribution in [3.63, 3.8) is 0 Å². The summed E-state index contributed by atoms with van der Waals surface area (Å²) in [6.45, 7) is 4.82. The molecule has 0 amide bonds. The molecule has 2 rings (SSSR count). The van der Waals surface area contributed by atoms with E-state index >= 15 is 0 Å². The number of carbonyl (C=O) groups is 1. The Morgan fingerprint density at radius 1 is 1.20 bits per heavy atom. The maximum absolute atomic E-state index is 11.4. The summed E-state index contributed by atoms with van der Waals surface area (Å²) in [6, 6.07) is 11.1. The maximum atomic E-state index is 11.4. The number of rotatable bonds is 6. The molecule has 0 bridgehead atoms. The van der Waals surface area contributed by atoms with Gasteiger partial charge >= 0.3 is 5.97 Å². The number of hydrogen-bond donors (Lipinski definition) is 2. The van der Waals surface area contributed by atoms with Gasteiger partial charge < -0.3 is 5.11 Å². The van der Waals surface area contributed by atoms with E-state index in [1.165, 1.54) is 5.56 Å². The molecule has 1 atom stereocenters. The van der Waals surface area contributed by atoms with Crippen molar-refractivity contribution < 1.29 is 9.90 Å². The molecule has 0 radical (unpaired) electrons. The van der Waals surface area contributed by atoms with Crippen molar-refractivity contribution in [2.24, 2.45) is 0 Å². The van der Waals surface area contributed by atoms with E-state index in [0.717, 1.165) is 10.4 Å². The number of carboxylic acid groups (broad SMARTS) is 1. The van der Waals surface area contributed by atoms with Crippen LogP contribution < -0.4 is 5.32 Å². The van der Waals surface area contributed by atoms with E-state index in [2.05, 4.69) is 19.2 Å². The number of carboxylic acids is 1. The second kappa shape index (κ2) is 6.68. The zero-order valence-electron chi connectivity index (χ0n) is 11.7. The largest absolute Gasteiger partial charge is 0.480 e. The van der Waals surface area contributed by atoms with Crippen LogP contribution in [0.1, 0.15) is 41.8 Å². The fourth-order valence-corrected chi connectivity index (χ4v) is 2.69. The van der Waals surface area contributed by atoms with Gasteiger partial charge in [-0.2, -0.15) is 0 Å². The lowest BCUT2D eigenvalue weighted by Crippen LogP contribution is -2.27. The third kappa shape index (κ3) is 3.68. The molecular weight excluding hydrogens is 270 g/mol. The van der Waals surface area contributed by atoms with E-state index in [-0.39, 0.29) is 0 Å². The van der Waals surface area contributed by atoms with Crippen LogP contribution >= 0.6 is 11.3 Å². The summed E-state index contributed by atoms with van der Waals surface area (Å²) in [5.74, 6) is -0.398. The predicted molar refractivity (Wildman–Crippen MR) is 82.1 cm³/mol. The highest BCUT2D eigenvalue weighted by Gasteiger charge is 2.19. The molecule has 1 aromatic carbocycles. The van der Waals surface area contributed by atoms with Crippen LogP contribution in [0.2, 0.25) is 0 Å². The topological polar surface area (TPSA) is 49.3 Å². The second-order valence-electron chi connectivity index (χ2n) is 5.05. The molecule has 1 heterocycles. The van der Waals surface area contributed by atoms with E-state index in [4.69, 9.17) is 0 Å². The Kier molecular flexibility index (Phi) is 4.93. The van der Waals surface area contributed by atoms with E-state index in [1.54, 1.807) is 11.3 Å². The van der Waals surface area contributed by atoms with Crippen molar-refractivity contribution in [3.8, 4) is 0 Å². The molecule has 3 nitrogen and oxygen atoms in total. The molecule has 0 fully saturated rings. The van der Waals surface area contributed by atoms with E-state index in [1.807, 2.05) is 41.8 Å². The van der Waals surface area contributed by atoms with Crippen molar-refractivity contribution in [2.45, 2.75) is 32.4 Å². The minimum atomic E-state index is -0.848. The Morgan fingerprint density at radius 2 is 1.85 bits per heavy atom. The lowest BCUT2D eigenvalue weighted by atomic mass is 9.99. The molecule has 0 saturated carbocycles. The summed E-state index contributed by atoms with van der Waals surface area (Å²) >= 11 is 1.62. The summed E-state index contributed by atoms with van der Waals surface area (Å²) in [7, 11) is 0. The van der Waals surface area contributed by atoms with Crippen LogP contribution in [0.3, 0.4) is 0 Å². The van der Waals surface area contributed by atoms with Gasteiger partial charge in [-0.05, 0) is 28.5 Å². The molecule has 0 aliphatic carbocycles. The zero-order valence-corrected chi connectivity index (χ0v) is 12.5. The van der Waals surface area contributed by atoms with Gasteiger partial charge in [-0.25, -0.2) is 0 Å². The van der Waals surface area contributed by atoms with Gasteiger partial charge in [-0.1, -0.05) is 44.2 Å². The molecule has 0 saturated heterocycles. The molecule has 1 unspecified atom stereocenters. The van der Waals surface area contributed by atoms with Gasteiger partial charge in [0.1, 0.15) is 6.04 Å². The van der Waals surface area contributed by atoms with Crippen LogP contribution in [0.4, 0.5) is 0 Å². The Balaban J connectivity index is 2.09. The molecule has 106 valence electrons. The lowest BCUT2D eigenvalue weighted by Gasteiger charge is -2.15. The van der Waals surface area contributed by atoms with Crippen LogP contribution in [0, 0.1) is 0 Å². The quantitative estimate of drug-likeness (QED) is 0.850.